The molecule has 0 aromatic rings. The van der Waals surface area contributed by atoms with Crippen molar-refractivity contribution < 1.29 is 19.8 Å². The zero-order valence-electron chi connectivity index (χ0n) is 11.4. The quantitative estimate of drug-likeness (QED) is 0.578. The lowest BCUT2D eigenvalue weighted by Gasteiger charge is -2.28. The minimum Gasteiger partial charge on any atom is -0.479 e. The number of carbonyl (C=O) groups is 2. The minimum atomic E-state index is -1.42. The number of aliphatic hydroxyl groups excluding tert-OH is 1. The number of carbonyl (C=O) groups excluding carboxylic acids is 1. The number of hydrogen-bond donors (Lipinski definition) is 4. The van der Waals surface area contributed by atoms with Gasteiger partial charge in [0.25, 0.3) is 0 Å². The van der Waals surface area contributed by atoms with E-state index >= 15 is 0 Å². The number of nitrogens with one attached hydrogen (secondary N) is 2. The molecule has 4 N–H and O–H groups in total. The van der Waals surface area contributed by atoms with Gasteiger partial charge in [0, 0.05) is 19.5 Å². The zero-order chi connectivity index (χ0) is 14.3. The Morgan fingerprint density at radius 1 is 1.26 bits per heavy atom. The molecule has 3 unspecified atom stereocenters. The monoisotopic (exact) mass is 272 g/mol. The lowest BCUT2D eigenvalue weighted by Crippen LogP contribution is -2.41. The molecule has 110 valence electrons. The zero-order valence-corrected chi connectivity index (χ0v) is 11.4. The van der Waals surface area contributed by atoms with Crippen LogP contribution in [-0.2, 0) is 4.79 Å². The second-order valence-corrected chi connectivity index (χ2v) is 5.30. The molecule has 0 spiro atoms. The predicted molar refractivity (Wildman–Crippen MR) is 70.8 cm³/mol. The van der Waals surface area contributed by atoms with Crippen LogP contribution in [0, 0.1) is 11.8 Å². The summed E-state index contributed by atoms with van der Waals surface area (Å²) in [4.78, 5) is 21.9. The first kappa shape index (κ1) is 15.8. The van der Waals surface area contributed by atoms with Gasteiger partial charge in [0.05, 0.1) is 0 Å². The Labute approximate surface area is 113 Å². The van der Waals surface area contributed by atoms with E-state index in [-0.39, 0.29) is 19.0 Å². The van der Waals surface area contributed by atoms with Crippen LogP contribution in [0.1, 0.15) is 39.0 Å². The van der Waals surface area contributed by atoms with Gasteiger partial charge >= 0.3 is 12.0 Å². The van der Waals surface area contributed by atoms with Crippen LogP contribution in [-0.4, -0.2) is 41.4 Å². The molecule has 6 heteroatoms. The molecule has 1 saturated carbocycles. The minimum absolute atomic E-state index is 0.0165. The summed E-state index contributed by atoms with van der Waals surface area (Å²) in [6.45, 7) is 3.03. The molecule has 3 atom stereocenters. The summed E-state index contributed by atoms with van der Waals surface area (Å²) in [5.41, 5.74) is 0. The van der Waals surface area contributed by atoms with Crippen molar-refractivity contribution >= 4 is 12.0 Å². The Kier molecular flexibility index (Phi) is 6.62. The first-order valence-corrected chi connectivity index (χ1v) is 6.93. The van der Waals surface area contributed by atoms with Gasteiger partial charge < -0.3 is 20.8 Å². The first-order valence-electron chi connectivity index (χ1n) is 6.93. The van der Waals surface area contributed by atoms with E-state index in [0.717, 1.165) is 6.42 Å². The van der Waals surface area contributed by atoms with Gasteiger partial charge in [0.1, 0.15) is 0 Å². The maximum Gasteiger partial charge on any atom is 0.332 e. The van der Waals surface area contributed by atoms with Crippen LogP contribution >= 0.6 is 0 Å². The van der Waals surface area contributed by atoms with Gasteiger partial charge in [0.2, 0.25) is 0 Å². The highest BCUT2D eigenvalue weighted by atomic mass is 16.4. The molecule has 1 aliphatic rings. The normalized spacial score (nSPS) is 24.5. The summed E-state index contributed by atoms with van der Waals surface area (Å²) in [5, 5.41) is 22.9. The van der Waals surface area contributed by atoms with Crippen molar-refractivity contribution in [2.75, 3.05) is 13.1 Å². The van der Waals surface area contributed by atoms with Crippen LogP contribution in [0.3, 0.4) is 0 Å². The summed E-state index contributed by atoms with van der Waals surface area (Å²) in [7, 11) is 0. The maximum absolute atomic E-state index is 11.5. The van der Waals surface area contributed by atoms with Crippen molar-refractivity contribution in [2.24, 2.45) is 11.8 Å². The van der Waals surface area contributed by atoms with Crippen molar-refractivity contribution in [3.63, 3.8) is 0 Å². The summed E-state index contributed by atoms with van der Waals surface area (Å²) >= 11 is 0. The SMILES string of the molecule is CC1CCCCC1CNC(=O)NCCC(O)C(=O)O. The third-order valence-corrected chi connectivity index (χ3v) is 3.80. The van der Waals surface area contributed by atoms with Gasteiger partial charge in [-0.2, -0.15) is 0 Å². The lowest BCUT2D eigenvalue weighted by molar-refractivity contribution is -0.146. The lowest BCUT2D eigenvalue weighted by atomic mass is 9.80. The van der Waals surface area contributed by atoms with Crippen molar-refractivity contribution in [1.82, 2.24) is 10.6 Å². The van der Waals surface area contributed by atoms with E-state index < -0.39 is 12.1 Å². The number of urea groups is 1. The van der Waals surface area contributed by atoms with E-state index in [0.29, 0.717) is 18.4 Å². The third kappa shape index (κ3) is 5.92. The molecular formula is C13H24N2O4. The van der Waals surface area contributed by atoms with Gasteiger partial charge in [-0.15, -0.1) is 0 Å². The van der Waals surface area contributed by atoms with Gasteiger partial charge in [-0.05, 0) is 18.3 Å². The fraction of sp³-hybridized carbons (Fsp3) is 0.846. The van der Waals surface area contributed by atoms with E-state index in [9.17, 15) is 9.59 Å². The molecule has 0 saturated heterocycles. The fourth-order valence-electron chi connectivity index (χ4n) is 2.43. The topological polar surface area (TPSA) is 98.7 Å². The van der Waals surface area contributed by atoms with Crippen LogP contribution in [0.15, 0.2) is 0 Å². The second-order valence-electron chi connectivity index (χ2n) is 5.30. The van der Waals surface area contributed by atoms with Crippen molar-refractivity contribution in [1.29, 1.82) is 0 Å². The van der Waals surface area contributed by atoms with E-state index in [1.165, 1.54) is 19.3 Å². The molecule has 0 aromatic carbocycles. The average molecular weight is 272 g/mol. The van der Waals surface area contributed by atoms with Crippen LogP contribution in [0.25, 0.3) is 0 Å². The smallest absolute Gasteiger partial charge is 0.332 e. The molecule has 0 aromatic heterocycles. The highest BCUT2D eigenvalue weighted by Gasteiger charge is 2.21. The number of aliphatic carboxylic acids is 1. The summed E-state index contributed by atoms with van der Waals surface area (Å²) in [6.07, 6.45) is 3.47. The number of carboxylic acid groups (broad SMARTS) is 1. The van der Waals surface area contributed by atoms with E-state index in [1.807, 2.05) is 0 Å². The molecule has 0 heterocycles. The Balaban J connectivity index is 2.12. The van der Waals surface area contributed by atoms with Crippen molar-refractivity contribution in [3.05, 3.63) is 0 Å². The van der Waals surface area contributed by atoms with Gasteiger partial charge in [-0.25, -0.2) is 9.59 Å². The third-order valence-electron chi connectivity index (χ3n) is 3.80. The Bertz CT molecular complexity index is 309. The maximum atomic E-state index is 11.5. The highest BCUT2D eigenvalue weighted by molar-refractivity contribution is 5.74. The molecule has 1 fully saturated rings. The molecule has 0 bridgehead atoms. The molecular weight excluding hydrogens is 248 g/mol. The first-order chi connectivity index (χ1) is 9.00. The Morgan fingerprint density at radius 3 is 2.58 bits per heavy atom. The van der Waals surface area contributed by atoms with Gasteiger partial charge in [0.15, 0.2) is 6.10 Å². The fourth-order valence-corrected chi connectivity index (χ4v) is 2.43. The predicted octanol–water partition coefficient (Wildman–Crippen LogP) is 0.948. The number of hydrogen-bond acceptors (Lipinski definition) is 3. The Morgan fingerprint density at radius 2 is 1.95 bits per heavy atom. The highest BCUT2D eigenvalue weighted by Crippen LogP contribution is 2.28. The standard InChI is InChI=1S/C13H24N2O4/c1-9-4-2-3-5-10(9)8-15-13(19)14-7-6-11(16)12(17)18/h9-11,16H,2-8H2,1H3,(H,17,18)(H2,14,15,19). The van der Waals surface area contributed by atoms with Gasteiger partial charge in [-0.1, -0.05) is 26.2 Å². The number of rotatable bonds is 6. The molecule has 0 radical (unpaired) electrons. The molecule has 2 amide bonds. The summed E-state index contributed by atoms with van der Waals surface area (Å²) in [6, 6.07) is -0.296. The number of aliphatic hydroxyl groups is 1. The number of carboxylic acids is 1. The van der Waals surface area contributed by atoms with E-state index in [2.05, 4.69) is 17.6 Å². The molecule has 0 aliphatic heterocycles. The van der Waals surface area contributed by atoms with Crippen LogP contribution in [0.5, 0.6) is 0 Å². The summed E-state index contributed by atoms with van der Waals surface area (Å²) < 4.78 is 0. The molecule has 1 aliphatic carbocycles. The molecule has 19 heavy (non-hydrogen) atoms. The molecule has 1 rings (SSSR count). The summed E-state index contributed by atoms with van der Waals surface area (Å²) in [5.74, 6) is -0.0924. The van der Waals surface area contributed by atoms with Crippen molar-refractivity contribution in [3.8, 4) is 0 Å². The largest absolute Gasteiger partial charge is 0.479 e. The van der Waals surface area contributed by atoms with Gasteiger partial charge in [-0.3, -0.25) is 0 Å². The van der Waals surface area contributed by atoms with E-state index in [1.54, 1.807) is 0 Å². The van der Waals surface area contributed by atoms with E-state index in [4.69, 9.17) is 10.2 Å². The van der Waals surface area contributed by atoms with Crippen LogP contribution in [0.2, 0.25) is 0 Å². The molecule has 6 nitrogen and oxygen atoms in total. The van der Waals surface area contributed by atoms with Crippen LogP contribution < -0.4 is 10.6 Å². The number of amides is 2. The van der Waals surface area contributed by atoms with Crippen molar-refractivity contribution in [2.45, 2.75) is 45.1 Å². The average Bonchev–Trinajstić information content (AvgIpc) is 2.37. The van der Waals surface area contributed by atoms with Crippen LogP contribution in [0.4, 0.5) is 4.79 Å². The Hall–Kier alpha value is -1.30. The second kappa shape index (κ2) is 7.99.